The molecule has 0 saturated heterocycles. The lowest BCUT2D eigenvalue weighted by molar-refractivity contribution is -0.131. The Morgan fingerprint density at radius 1 is 1.10 bits per heavy atom. The smallest absolute Gasteiger partial charge is 0.243 e. The van der Waals surface area contributed by atoms with Gasteiger partial charge in [-0.1, -0.05) is 0 Å². The molecule has 6 heteroatoms. The van der Waals surface area contributed by atoms with E-state index in [-0.39, 0.29) is 29.9 Å². The molecule has 2 N–H and O–H groups in total. The number of rotatable bonds is 7. The fraction of sp³-hybridized carbons (Fsp3) is 0.680. The molecule has 0 aromatic heterocycles. The van der Waals surface area contributed by atoms with Crippen molar-refractivity contribution in [2.45, 2.75) is 71.3 Å². The Kier molecular flexibility index (Phi) is 5.35. The maximum absolute atomic E-state index is 12.7. The van der Waals surface area contributed by atoms with E-state index in [0.29, 0.717) is 24.5 Å². The van der Waals surface area contributed by atoms with Gasteiger partial charge in [-0.3, -0.25) is 9.59 Å². The molecule has 168 valence electrons. The number of anilines is 1. The van der Waals surface area contributed by atoms with E-state index in [1.807, 2.05) is 26.0 Å². The molecule has 4 aliphatic carbocycles. The van der Waals surface area contributed by atoms with Gasteiger partial charge in [0.15, 0.2) is 0 Å². The Balaban J connectivity index is 1.17. The van der Waals surface area contributed by atoms with Gasteiger partial charge >= 0.3 is 0 Å². The summed E-state index contributed by atoms with van der Waals surface area (Å²) in [5.74, 6) is 3.67. The number of amides is 2. The van der Waals surface area contributed by atoms with E-state index in [1.54, 1.807) is 0 Å². The molecular weight excluding hydrogens is 392 g/mol. The SMILES string of the molecule is CCOc1cc2c(cc1NC(=O)CNC(=O)CC13CC4CC(CC(C4)C1)C3)O[C@@H](C)C2. The summed E-state index contributed by atoms with van der Waals surface area (Å²) in [6, 6.07) is 3.78. The van der Waals surface area contributed by atoms with Gasteiger partial charge in [-0.25, -0.2) is 0 Å². The van der Waals surface area contributed by atoms with E-state index in [0.717, 1.165) is 35.5 Å². The van der Waals surface area contributed by atoms with Crippen LogP contribution < -0.4 is 20.1 Å². The predicted octanol–water partition coefficient (Wildman–Crippen LogP) is 4.07. The van der Waals surface area contributed by atoms with Gasteiger partial charge < -0.3 is 20.1 Å². The molecule has 4 saturated carbocycles. The fourth-order valence-electron chi connectivity index (χ4n) is 7.09. The normalized spacial score (nSPS) is 32.3. The van der Waals surface area contributed by atoms with Crippen LogP contribution in [0.3, 0.4) is 0 Å². The summed E-state index contributed by atoms with van der Waals surface area (Å²) in [6.07, 6.45) is 9.23. The van der Waals surface area contributed by atoms with Crippen molar-refractivity contribution in [2.24, 2.45) is 23.2 Å². The zero-order valence-electron chi connectivity index (χ0n) is 18.7. The molecule has 31 heavy (non-hydrogen) atoms. The van der Waals surface area contributed by atoms with Gasteiger partial charge in [0.25, 0.3) is 0 Å². The van der Waals surface area contributed by atoms with Crippen LogP contribution >= 0.6 is 0 Å². The van der Waals surface area contributed by atoms with Crippen molar-refractivity contribution in [1.29, 1.82) is 0 Å². The number of carbonyl (C=O) groups excluding carboxylic acids is 2. The third-order valence-electron chi connectivity index (χ3n) is 7.72. The van der Waals surface area contributed by atoms with Crippen LogP contribution in [0.1, 0.15) is 64.4 Å². The lowest BCUT2D eigenvalue weighted by Crippen LogP contribution is -2.48. The van der Waals surface area contributed by atoms with Crippen LogP contribution in [0.2, 0.25) is 0 Å². The molecule has 1 aromatic rings. The molecule has 0 spiro atoms. The largest absolute Gasteiger partial charge is 0.492 e. The first-order valence-electron chi connectivity index (χ1n) is 11.9. The van der Waals surface area contributed by atoms with Gasteiger partial charge in [0.2, 0.25) is 11.8 Å². The predicted molar refractivity (Wildman–Crippen MR) is 118 cm³/mol. The highest BCUT2D eigenvalue weighted by Crippen LogP contribution is 2.61. The van der Waals surface area contributed by atoms with Gasteiger partial charge in [-0.15, -0.1) is 0 Å². The van der Waals surface area contributed by atoms with Crippen LogP contribution in [-0.2, 0) is 16.0 Å². The van der Waals surface area contributed by atoms with Crippen LogP contribution in [-0.4, -0.2) is 31.1 Å². The maximum atomic E-state index is 12.7. The number of nitrogens with one attached hydrogen (secondary N) is 2. The van der Waals surface area contributed by atoms with Crippen LogP contribution in [0.15, 0.2) is 12.1 Å². The summed E-state index contributed by atoms with van der Waals surface area (Å²) in [5, 5.41) is 5.76. The minimum absolute atomic E-state index is 0.00763. The van der Waals surface area contributed by atoms with Gasteiger partial charge in [0.05, 0.1) is 18.8 Å². The average Bonchev–Trinajstić information content (AvgIpc) is 3.04. The molecule has 2 amide bonds. The third kappa shape index (κ3) is 4.26. The summed E-state index contributed by atoms with van der Waals surface area (Å²) < 4.78 is 11.5. The molecule has 0 unspecified atom stereocenters. The first-order valence-corrected chi connectivity index (χ1v) is 11.9. The topological polar surface area (TPSA) is 76.7 Å². The van der Waals surface area contributed by atoms with Crippen molar-refractivity contribution < 1.29 is 19.1 Å². The minimum atomic E-state index is -0.245. The number of ether oxygens (including phenoxy) is 2. The van der Waals surface area contributed by atoms with E-state index in [9.17, 15) is 9.59 Å². The molecular formula is C25H34N2O4. The number of fused-ring (bicyclic) bond motifs is 1. The number of hydrogen-bond acceptors (Lipinski definition) is 4. The number of hydrogen-bond donors (Lipinski definition) is 2. The second-order valence-corrected chi connectivity index (χ2v) is 10.4. The maximum Gasteiger partial charge on any atom is 0.243 e. The van der Waals surface area contributed by atoms with Gasteiger partial charge in [0, 0.05) is 24.5 Å². The van der Waals surface area contributed by atoms with Gasteiger partial charge in [-0.2, -0.15) is 0 Å². The Hall–Kier alpha value is -2.24. The second kappa shape index (κ2) is 8.03. The summed E-state index contributed by atoms with van der Waals surface area (Å²) in [6.45, 7) is 4.44. The van der Waals surface area contributed by atoms with E-state index < -0.39 is 0 Å². The Morgan fingerprint density at radius 3 is 2.42 bits per heavy atom. The van der Waals surface area contributed by atoms with Crippen molar-refractivity contribution in [2.75, 3.05) is 18.5 Å². The van der Waals surface area contributed by atoms with Crippen molar-refractivity contribution in [3.63, 3.8) is 0 Å². The van der Waals surface area contributed by atoms with Crippen LogP contribution in [0, 0.1) is 23.2 Å². The summed E-state index contributed by atoms with van der Waals surface area (Å²) >= 11 is 0. The summed E-state index contributed by atoms with van der Waals surface area (Å²) in [4.78, 5) is 25.3. The summed E-state index contributed by atoms with van der Waals surface area (Å²) in [7, 11) is 0. The van der Waals surface area contributed by atoms with Crippen LogP contribution in [0.25, 0.3) is 0 Å². The monoisotopic (exact) mass is 426 g/mol. The molecule has 1 atom stereocenters. The van der Waals surface area contributed by atoms with Crippen molar-refractivity contribution >= 4 is 17.5 Å². The van der Waals surface area contributed by atoms with Crippen molar-refractivity contribution in [3.8, 4) is 11.5 Å². The first kappa shape index (κ1) is 20.7. The number of carbonyl (C=O) groups is 2. The molecule has 1 aromatic carbocycles. The van der Waals surface area contributed by atoms with Crippen molar-refractivity contribution in [1.82, 2.24) is 5.32 Å². The lowest BCUT2D eigenvalue weighted by atomic mass is 9.49. The Morgan fingerprint density at radius 2 is 1.77 bits per heavy atom. The Labute approximate surface area is 184 Å². The highest BCUT2D eigenvalue weighted by molar-refractivity contribution is 5.96. The van der Waals surface area contributed by atoms with E-state index in [4.69, 9.17) is 9.47 Å². The zero-order chi connectivity index (χ0) is 21.6. The van der Waals surface area contributed by atoms with E-state index in [2.05, 4.69) is 10.6 Å². The highest BCUT2D eigenvalue weighted by Gasteiger charge is 2.51. The number of benzene rings is 1. The fourth-order valence-corrected chi connectivity index (χ4v) is 7.09. The molecule has 6 nitrogen and oxygen atoms in total. The van der Waals surface area contributed by atoms with Crippen LogP contribution in [0.4, 0.5) is 5.69 Å². The quantitative estimate of drug-likeness (QED) is 0.689. The average molecular weight is 427 g/mol. The van der Waals surface area contributed by atoms with Crippen molar-refractivity contribution in [3.05, 3.63) is 17.7 Å². The molecule has 5 aliphatic rings. The van der Waals surface area contributed by atoms with E-state index >= 15 is 0 Å². The molecule has 1 aliphatic heterocycles. The first-order chi connectivity index (χ1) is 14.9. The van der Waals surface area contributed by atoms with Crippen LogP contribution in [0.5, 0.6) is 11.5 Å². The lowest BCUT2D eigenvalue weighted by Gasteiger charge is -2.56. The standard InChI is InChI=1S/C25H34N2O4/c1-3-30-22-8-19-4-15(2)31-21(19)9-20(22)27-24(29)14-26-23(28)13-25-10-16-5-17(11-25)7-18(6-16)12-25/h8-9,15-18H,3-7,10-14H2,1-2H3,(H,26,28)(H,27,29)/t15-,16?,17?,18?,25?/m0/s1. The zero-order valence-corrected chi connectivity index (χ0v) is 18.7. The second-order valence-electron chi connectivity index (χ2n) is 10.4. The molecule has 4 bridgehead atoms. The van der Waals surface area contributed by atoms with Gasteiger partial charge in [-0.05, 0) is 81.6 Å². The van der Waals surface area contributed by atoms with E-state index in [1.165, 1.54) is 38.5 Å². The Bertz CT molecular complexity index is 845. The third-order valence-corrected chi connectivity index (χ3v) is 7.72. The summed E-state index contributed by atoms with van der Waals surface area (Å²) in [5.41, 5.74) is 1.87. The molecule has 0 radical (unpaired) electrons. The minimum Gasteiger partial charge on any atom is -0.492 e. The van der Waals surface area contributed by atoms with Gasteiger partial charge in [0.1, 0.15) is 17.6 Å². The molecule has 6 rings (SSSR count). The molecule has 4 fully saturated rings. The molecule has 1 heterocycles. The highest BCUT2D eigenvalue weighted by atomic mass is 16.5.